The van der Waals surface area contributed by atoms with Crippen molar-refractivity contribution < 1.29 is 28.6 Å². The molecule has 0 bridgehead atoms. The number of rotatable bonds is 7. The van der Waals surface area contributed by atoms with Crippen LogP contribution in [0.1, 0.15) is 25.8 Å². The molecule has 1 N–H and O–H groups in total. The van der Waals surface area contributed by atoms with Crippen LogP contribution in [0.15, 0.2) is 47.4 Å². The largest absolute Gasteiger partial charge is 0.491 e. The van der Waals surface area contributed by atoms with Gasteiger partial charge in [-0.25, -0.2) is 0 Å². The van der Waals surface area contributed by atoms with Gasteiger partial charge in [0, 0.05) is 11.8 Å². The van der Waals surface area contributed by atoms with Gasteiger partial charge in [-0.15, -0.1) is 0 Å². The molecule has 1 fully saturated rings. The number of fused-ring (bicyclic) bond motifs is 1. The summed E-state index contributed by atoms with van der Waals surface area (Å²) in [6.07, 6.45) is 2.64. The van der Waals surface area contributed by atoms with Crippen LogP contribution in [0.5, 0.6) is 17.2 Å². The van der Waals surface area contributed by atoms with Gasteiger partial charge in [-0.2, -0.15) is 0 Å². The maximum atomic E-state index is 12.7. The number of amides is 3. The lowest BCUT2D eigenvalue weighted by molar-refractivity contribution is -0.127. The minimum absolute atomic E-state index is 0.112. The van der Waals surface area contributed by atoms with Gasteiger partial charge in [0.1, 0.15) is 12.3 Å². The van der Waals surface area contributed by atoms with Crippen molar-refractivity contribution in [1.29, 1.82) is 0 Å². The molecule has 3 amide bonds. The van der Waals surface area contributed by atoms with Gasteiger partial charge in [-0.05, 0) is 61.0 Å². The molecule has 0 spiro atoms. The van der Waals surface area contributed by atoms with E-state index in [0.29, 0.717) is 17.2 Å². The third-order valence-electron chi connectivity index (χ3n) is 4.92. The van der Waals surface area contributed by atoms with Gasteiger partial charge < -0.3 is 19.5 Å². The highest BCUT2D eigenvalue weighted by atomic mass is 32.2. The molecular formula is C23H22N2O6S. The van der Waals surface area contributed by atoms with E-state index in [-0.39, 0.29) is 24.3 Å². The van der Waals surface area contributed by atoms with Gasteiger partial charge in [0.05, 0.1) is 11.0 Å². The number of benzene rings is 2. The topological polar surface area (TPSA) is 94.2 Å². The summed E-state index contributed by atoms with van der Waals surface area (Å²) in [5.41, 5.74) is 1.25. The lowest BCUT2D eigenvalue weighted by atomic mass is 10.2. The normalized spacial score (nSPS) is 17.1. The highest BCUT2D eigenvalue weighted by Crippen LogP contribution is 2.35. The molecule has 0 saturated carbocycles. The maximum absolute atomic E-state index is 12.7. The van der Waals surface area contributed by atoms with Crippen LogP contribution in [0, 0.1) is 0 Å². The quantitative estimate of drug-likeness (QED) is 0.625. The lowest BCUT2D eigenvalue weighted by Gasteiger charge is -2.13. The Balaban J connectivity index is 1.38. The maximum Gasteiger partial charge on any atom is 0.294 e. The summed E-state index contributed by atoms with van der Waals surface area (Å²) in [6, 6.07) is 12.2. The predicted octanol–water partition coefficient (Wildman–Crippen LogP) is 4.27. The first-order valence-electron chi connectivity index (χ1n) is 10.1. The van der Waals surface area contributed by atoms with Crippen LogP contribution in [0.4, 0.5) is 10.5 Å². The first kappa shape index (κ1) is 21.8. The lowest BCUT2D eigenvalue weighted by Crippen LogP contribution is -2.36. The number of carbonyl (C=O) groups is 3. The standard InChI is InChI=1S/C23H22N2O6S/c1-3-14(2)31-17-7-4-15(5-8-17)10-20-22(27)25(23(28)32-20)12-21(26)24-16-6-9-18-19(11-16)30-13-29-18/h4-11,14H,3,12-13H2,1-2H3,(H,24,26)/b20-10-/t14-/m1/s1. The Labute approximate surface area is 189 Å². The summed E-state index contributed by atoms with van der Waals surface area (Å²) in [5, 5.41) is 2.18. The van der Waals surface area contributed by atoms with Crippen LogP contribution >= 0.6 is 11.8 Å². The summed E-state index contributed by atoms with van der Waals surface area (Å²) >= 11 is 0.810. The van der Waals surface area contributed by atoms with E-state index < -0.39 is 17.1 Å². The molecule has 2 aromatic carbocycles. The van der Waals surface area contributed by atoms with Crippen LogP contribution in [-0.4, -0.2) is 41.4 Å². The predicted molar refractivity (Wildman–Crippen MR) is 121 cm³/mol. The molecule has 4 rings (SSSR count). The molecule has 2 aromatic rings. The molecule has 0 unspecified atom stereocenters. The SMILES string of the molecule is CC[C@@H](C)Oc1ccc(/C=C2\SC(=O)N(CC(=O)Nc3ccc4c(c3)OCO4)C2=O)cc1. The third kappa shape index (κ3) is 4.88. The molecule has 32 heavy (non-hydrogen) atoms. The van der Waals surface area contributed by atoms with Crippen molar-refractivity contribution in [2.45, 2.75) is 26.4 Å². The second kappa shape index (κ2) is 9.35. The first-order chi connectivity index (χ1) is 15.4. The fourth-order valence-corrected chi connectivity index (χ4v) is 3.90. The number of carbonyl (C=O) groups excluding carboxylic acids is 3. The number of hydrogen-bond donors (Lipinski definition) is 1. The summed E-state index contributed by atoms with van der Waals surface area (Å²) in [6.45, 7) is 3.79. The molecule has 0 aromatic heterocycles. The van der Waals surface area contributed by atoms with Gasteiger partial charge in [-0.3, -0.25) is 19.3 Å². The van der Waals surface area contributed by atoms with Crippen molar-refractivity contribution >= 4 is 40.6 Å². The Hall–Kier alpha value is -3.46. The van der Waals surface area contributed by atoms with E-state index in [4.69, 9.17) is 14.2 Å². The number of thioether (sulfide) groups is 1. The van der Waals surface area contributed by atoms with Gasteiger partial charge in [0.15, 0.2) is 11.5 Å². The van der Waals surface area contributed by atoms with Crippen molar-refractivity contribution in [3.8, 4) is 17.2 Å². The average molecular weight is 455 g/mol. The Morgan fingerprint density at radius 3 is 2.69 bits per heavy atom. The van der Waals surface area contributed by atoms with Gasteiger partial charge in [0.2, 0.25) is 12.7 Å². The van der Waals surface area contributed by atoms with Crippen molar-refractivity contribution in [2.75, 3.05) is 18.7 Å². The smallest absolute Gasteiger partial charge is 0.294 e. The molecule has 2 aliphatic heterocycles. The van der Waals surface area contributed by atoms with Crippen LogP contribution in [0.2, 0.25) is 0 Å². The Morgan fingerprint density at radius 1 is 1.19 bits per heavy atom. The summed E-state index contributed by atoms with van der Waals surface area (Å²) < 4.78 is 16.3. The first-order valence-corrected chi connectivity index (χ1v) is 11.0. The molecule has 0 aliphatic carbocycles. The van der Waals surface area contributed by atoms with Crippen molar-refractivity contribution in [2.24, 2.45) is 0 Å². The number of imide groups is 1. The summed E-state index contributed by atoms with van der Waals surface area (Å²) in [4.78, 5) is 38.6. The number of hydrogen-bond acceptors (Lipinski definition) is 7. The van der Waals surface area contributed by atoms with E-state index >= 15 is 0 Å². The van der Waals surface area contributed by atoms with Crippen molar-refractivity contribution in [3.63, 3.8) is 0 Å². The Kier molecular flexibility index (Phi) is 6.36. The number of nitrogens with zero attached hydrogens (tertiary/aromatic N) is 1. The molecular weight excluding hydrogens is 432 g/mol. The minimum atomic E-state index is -0.499. The summed E-state index contributed by atoms with van der Waals surface area (Å²) in [7, 11) is 0. The molecule has 2 aliphatic rings. The molecule has 0 radical (unpaired) electrons. The van der Waals surface area contributed by atoms with E-state index in [2.05, 4.69) is 5.32 Å². The van der Waals surface area contributed by atoms with E-state index in [1.54, 1.807) is 24.3 Å². The van der Waals surface area contributed by atoms with Crippen LogP contribution in [0.3, 0.4) is 0 Å². The average Bonchev–Trinajstić information content (AvgIpc) is 3.34. The second-order valence-corrected chi connectivity index (χ2v) is 8.28. The molecule has 1 saturated heterocycles. The van der Waals surface area contributed by atoms with E-state index in [9.17, 15) is 14.4 Å². The third-order valence-corrected chi connectivity index (χ3v) is 5.83. The molecule has 2 heterocycles. The second-order valence-electron chi connectivity index (χ2n) is 7.29. The molecule has 166 valence electrons. The molecule has 8 nitrogen and oxygen atoms in total. The molecule has 1 atom stereocenters. The zero-order valence-electron chi connectivity index (χ0n) is 17.6. The fourth-order valence-electron chi connectivity index (χ4n) is 3.06. The minimum Gasteiger partial charge on any atom is -0.491 e. The van der Waals surface area contributed by atoms with E-state index in [1.807, 2.05) is 38.1 Å². The van der Waals surface area contributed by atoms with E-state index in [0.717, 1.165) is 34.4 Å². The highest BCUT2D eigenvalue weighted by molar-refractivity contribution is 8.18. The summed E-state index contributed by atoms with van der Waals surface area (Å²) in [5.74, 6) is 0.875. The molecule has 9 heteroatoms. The fraction of sp³-hybridized carbons (Fsp3) is 0.261. The van der Waals surface area contributed by atoms with E-state index in [1.165, 1.54) is 0 Å². The zero-order valence-corrected chi connectivity index (χ0v) is 18.4. The van der Waals surface area contributed by atoms with Gasteiger partial charge >= 0.3 is 0 Å². The van der Waals surface area contributed by atoms with Crippen molar-refractivity contribution in [1.82, 2.24) is 4.90 Å². The van der Waals surface area contributed by atoms with Crippen LogP contribution in [-0.2, 0) is 9.59 Å². The number of nitrogens with one attached hydrogen (secondary N) is 1. The van der Waals surface area contributed by atoms with Crippen LogP contribution in [0.25, 0.3) is 6.08 Å². The number of anilines is 1. The van der Waals surface area contributed by atoms with Crippen LogP contribution < -0.4 is 19.5 Å². The van der Waals surface area contributed by atoms with Gasteiger partial charge in [0.25, 0.3) is 11.1 Å². The monoisotopic (exact) mass is 454 g/mol. The zero-order chi connectivity index (χ0) is 22.7. The Bertz CT molecular complexity index is 1080. The highest BCUT2D eigenvalue weighted by Gasteiger charge is 2.36. The van der Waals surface area contributed by atoms with Gasteiger partial charge in [-0.1, -0.05) is 19.1 Å². The van der Waals surface area contributed by atoms with Crippen molar-refractivity contribution in [3.05, 3.63) is 52.9 Å². The number of ether oxygens (including phenoxy) is 3. The Morgan fingerprint density at radius 2 is 1.94 bits per heavy atom.